The van der Waals surface area contributed by atoms with Crippen molar-refractivity contribution >= 4 is 15.9 Å². The molecule has 90 valence electrons. The summed E-state index contributed by atoms with van der Waals surface area (Å²) >= 11 is 3.48. The Bertz CT molecular complexity index is 339. The molecule has 0 saturated heterocycles. The zero-order valence-electron chi connectivity index (χ0n) is 10.2. The van der Waals surface area contributed by atoms with Gasteiger partial charge in [0.15, 0.2) is 0 Å². The van der Waals surface area contributed by atoms with Crippen LogP contribution in [0.15, 0.2) is 22.7 Å². The van der Waals surface area contributed by atoms with E-state index in [1.807, 2.05) is 26.0 Å². The van der Waals surface area contributed by atoms with E-state index in [1.54, 1.807) is 0 Å². The Morgan fingerprint density at radius 2 is 2.06 bits per heavy atom. The zero-order chi connectivity index (χ0) is 12.1. The van der Waals surface area contributed by atoms with E-state index in [-0.39, 0.29) is 12.1 Å². The molecular formula is C13H20BrNO. The number of hydrogen-bond acceptors (Lipinski definition) is 2. The molecule has 0 saturated carbocycles. The molecule has 0 fully saturated rings. The summed E-state index contributed by atoms with van der Waals surface area (Å²) in [5.74, 6) is 0.946. The molecule has 1 aromatic carbocycles. The molecule has 0 aliphatic heterocycles. The lowest BCUT2D eigenvalue weighted by molar-refractivity contribution is 0.239. The van der Waals surface area contributed by atoms with Crippen molar-refractivity contribution in [2.75, 3.05) is 0 Å². The highest BCUT2D eigenvalue weighted by atomic mass is 79.9. The van der Waals surface area contributed by atoms with Gasteiger partial charge >= 0.3 is 0 Å². The van der Waals surface area contributed by atoms with Crippen molar-refractivity contribution in [2.24, 2.45) is 5.73 Å². The van der Waals surface area contributed by atoms with Crippen LogP contribution in [0.2, 0.25) is 0 Å². The minimum Gasteiger partial charge on any atom is -0.491 e. The van der Waals surface area contributed by atoms with Gasteiger partial charge in [-0.25, -0.2) is 0 Å². The molecular weight excluding hydrogens is 266 g/mol. The number of hydrogen-bond donors (Lipinski definition) is 1. The molecule has 1 rings (SSSR count). The average molecular weight is 286 g/mol. The highest BCUT2D eigenvalue weighted by Gasteiger charge is 2.09. The minimum atomic E-state index is 0.192. The van der Waals surface area contributed by atoms with Crippen LogP contribution in [0.1, 0.15) is 32.8 Å². The van der Waals surface area contributed by atoms with Crippen LogP contribution in [0.4, 0.5) is 0 Å². The van der Waals surface area contributed by atoms with Gasteiger partial charge in [0.05, 0.1) is 6.10 Å². The van der Waals surface area contributed by atoms with E-state index < -0.39 is 0 Å². The van der Waals surface area contributed by atoms with Crippen molar-refractivity contribution in [3.05, 3.63) is 28.2 Å². The van der Waals surface area contributed by atoms with E-state index in [9.17, 15) is 0 Å². The van der Waals surface area contributed by atoms with Crippen LogP contribution < -0.4 is 10.5 Å². The normalized spacial score (nSPS) is 12.9. The summed E-state index contributed by atoms with van der Waals surface area (Å²) in [7, 11) is 0. The molecule has 0 radical (unpaired) electrons. The van der Waals surface area contributed by atoms with Crippen LogP contribution in [-0.2, 0) is 6.42 Å². The monoisotopic (exact) mass is 285 g/mol. The van der Waals surface area contributed by atoms with E-state index in [1.165, 1.54) is 5.56 Å². The fraction of sp³-hybridized carbons (Fsp3) is 0.538. The Morgan fingerprint density at radius 1 is 1.38 bits per heavy atom. The van der Waals surface area contributed by atoms with Crippen molar-refractivity contribution in [2.45, 2.75) is 45.8 Å². The van der Waals surface area contributed by atoms with E-state index in [0.29, 0.717) is 0 Å². The molecule has 0 heterocycles. The molecule has 1 aromatic rings. The van der Waals surface area contributed by atoms with Crippen LogP contribution in [0.3, 0.4) is 0 Å². The lowest BCUT2D eigenvalue weighted by Gasteiger charge is -2.16. The third-order valence-corrected chi connectivity index (χ3v) is 2.88. The van der Waals surface area contributed by atoms with Gasteiger partial charge in [-0.1, -0.05) is 22.9 Å². The second-order valence-electron chi connectivity index (χ2n) is 4.29. The molecule has 0 bridgehead atoms. The Labute approximate surface area is 106 Å². The van der Waals surface area contributed by atoms with Crippen molar-refractivity contribution < 1.29 is 4.74 Å². The Kier molecular flexibility index (Phi) is 5.29. The van der Waals surface area contributed by atoms with Crippen molar-refractivity contribution in [1.82, 2.24) is 0 Å². The van der Waals surface area contributed by atoms with Crippen LogP contribution in [0.25, 0.3) is 0 Å². The Balaban J connectivity index is 2.89. The molecule has 0 aliphatic carbocycles. The van der Waals surface area contributed by atoms with Gasteiger partial charge in [0.1, 0.15) is 5.75 Å². The fourth-order valence-electron chi connectivity index (χ4n) is 1.50. The van der Waals surface area contributed by atoms with Crippen LogP contribution in [0, 0.1) is 0 Å². The molecule has 1 unspecified atom stereocenters. The summed E-state index contributed by atoms with van der Waals surface area (Å²) < 4.78 is 6.84. The summed E-state index contributed by atoms with van der Waals surface area (Å²) in [4.78, 5) is 0. The zero-order valence-corrected chi connectivity index (χ0v) is 11.8. The molecule has 1 atom stereocenters. The highest BCUT2D eigenvalue weighted by Crippen LogP contribution is 2.25. The summed E-state index contributed by atoms with van der Waals surface area (Å²) in [5.41, 5.74) is 7.16. The third kappa shape index (κ3) is 4.14. The van der Waals surface area contributed by atoms with E-state index in [0.717, 1.165) is 23.1 Å². The standard InChI is InChI=1S/C13H20BrNO/c1-4-12(15)8-10-7-11(14)5-6-13(10)16-9(2)3/h5-7,9,12H,4,8,15H2,1-3H3. The van der Waals surface area contributed by atoms with Crippen molar-refractivity contribution in [1.29, 1.82) is 0 Å². The summed E-state index contributed by atoms with van der Waals surface area (Å²) in [6, 6.07) is 6.29. The quantitative estimate of drug-likeness (QED) is 0.899. The summed E-state index contributed by atoms with van der Waals surface area (Å²) in [6.45, 7) is 6.17. The predicted molar refractivity (Wildman–Crippen MR) is 71.9 cm³/mol. The Hall–Kier alpha value is -0.540. The van der Waals surface area contributed by atoms with Crippen LogP contribution in [-0.4, -0.2) is 12.1 Å². The maximum absolute atomic E-state index is 5.98. The SMILES string of the molecule is CCC(N)Cc1cc(Br)ccc1OC(C)C. The molecule has 16 heavy (non-hydrogen) atoms. The predicted octanol–water partition coefficient (Wildman–Crippen LogP) is 3.52. The molecule has 2 nitrogen and oxygen atoms in total. The second kappa shape index (κ2) is 6.26. The van der Waals surface area contributed by atoms with Gasteiger partial charge in [-0.05, 0) is 50.5 Å². The molecule has 0 aromatic heterocycles. The van der Waals surface area contributed by atoms with Gasteiger partial charge < -0.3 is 10.5 Å². The molecule has 0 spiro atoms. The highest BCUT2D eigenvalue weighted by molar-refractivity contribution is 9.10. The van der Waals surface area contributed by atoms with Gasteiger partial charge in [-0.15, -0.1) is 0 Å². The van der Waals surface area contributed by atoms with Gasteiger partial charge in [0, 0.05) is 10.5 Å². The maximum atomic E-state index is 5.98. The van der Waals surface area contributed by atoms with Gasteiger partial charge in [-0.3, -0.25) is 0 Å². The number of rotatable bonds is 5. The van der Waals surface area contributed by atoms with Crippen molar-refractivity contribution in [3.8, 4) is 5.75 Å². The number of ether oxygens (including phenoxy) is 1. The topological polar surface area (TPSA) is 35.2 Å². The first-order valence-electron chi connectivity index (χ1n) is 5.73. The molecule has 0 aliphatic rings. The lowest BCUT2D eigenvalue weighted by Crippen LogP contribution is -2.22. The number of halogens is 1. The van der Waals surface area contributed by atoms with E-state index in [4.69, 9.17) is 10.5 Å². The van der Waals surface area contributed by atoms with Gasteiger partial charge in [-0.2, -0.15) is 0 Å². The van der Waals surface area contributed by atoms with Crippen molar-refractivity contribution in [3.63, 3.8) is 0 Å². The van der Waals surface area contributed by atoms with Crippen LogP contribution >= 0.6 is 15.9 Å². The Morgan fingerprint density at radius 3 is 2.62 bits per heavy atom. The first-order chi connectivity index (χ1) is 7.52. The van der Waals surface area contributed by atoms with E-state index in [2.05, 4.69) is 28.9 Å². The first-order valence-corrected chi connectivity index (χ1v) is 6.53. The number of benzene rings is 1. The largest absolute Gasteiger partial charge is 0.491 e. The average Bonchev–Trinajstić information content (AvgIpc) is 2.21. The summed E-state index contributed by atoms with van der Waals surface area (Å²) in [6.07, 6.45) is 2.03. The third-order valence-electron chi connectivity index (χ3n) is 2.39. The minimum absolute atomic E-state index is 0.192. The lowest BCUT2D eigenvalue weighted by atomic mass is 10.0. The van der Waals surface area contributed by atoms with Gasteiger partial charge in [0.25, 0.3) is 0 Å². The second-order valence-corrected chi connectivity index (χ2v) is 5.21. The first kappa shape index (κ1) is 13.5. The smallest absolute Gasteiger partial charge is 0.123 e. The fourth-order valence-corrected chi connectivity index (χ4v) is 1.91. The molecule has 0 amide bonds. The number of nitrogens with two attached hydrogens (primary N) is 1. The van der Waals surface area contributed by atoms with Gasteiger partial charge in [0.2, 0.25) is 0 Å². The molecule has 2 N–H and O–H groups in total. The van der Waals surface area contributed by atoms with E-state index >= 15 is 0 Å². The summed E-state index contributed by atoms with van der Waals surface area (Å²) in [5, 5.41) is 0. The molecule has 3 heteroatoms. The maximum Gasteiger partial charge on any atom is 0.123 e. The van der Waals surface area contributed by atoms with Crippen LogP contribution in [0.5, 0.6) is 5.75 Å².